The first-order chi connectivity index (χ1) is 7.25. The normalized spacial score (nSPS) is 17.7. The smallest absolute Gasteiger partial charge is 0.235 e. The summed E-state index contributed by atoms with van der Waals surface area (Å²) < 4.78 is 5.23. The zero-order valence-electron chi connectivity index (χ0n) is 8.11. The predicted molar refractivity (Wildman–Crippen MR) is 56.2 cm³/mol. The minimum atomic E-state index is -0.193. The van der Waals surface area contributed by atoms with Crippen LogP contribution < -0.4 is 5.32 Å². The van der Waals surface area contributed by atoms with E-state index in [0.717, 1.165) is 26.1 Å². The zero-order valence-corrected chi connectivity index (χ0v) is 8.87. The molecule has 0 spiro atoms. The minimum absolute atomic E-state index is 0.160. The molecule has 0 aliphatic carbocycles. The van der Waals surface area contributed by atoms with Crippen molar-refractivity contribution in [2.24, 2.45) is 0 Å². The van der Waals surface area contributed by atoms with Gasteiger partial charge in [0, 0.05) is 19.3 Å². The lowest BCUT2D eigenvalue weighted by Crippen LogP contribution is -2.28. The Kier molecular flexibility index (Phi) is 3.23. The Labute approximate surface area is 92.5 Å². The number of anilines is 1. The molecular weight excluding hydrogens is 218 g/mol. The van der Waals surface area contributed by atoms with Crippen LogP contribution in [0.15, 0.2) is 6.20 Å². The van der Waals surface area contributed by atoms with Crippen molar-refractivity contribution in [1.29, 1.82) is 0 Å². The van der Waals surface area contributed by atoms with Gasteiger partial charge in [-0.15, -0.1) is 0 Å². The van der Waals surface area contributed by atoms with E-state index in [1.165, 1.54) is 6.20 Å². The van der Waals surface area contributed by atoms with Crippen molar-refractivity contribution in [2.45, 2.75) is 18.9 Å². The zero-order chi connectivity index (χ0) is 10.7. The van der Waals surface area contributed by atoms with Crippen molar-refractivity contribution in [3.8, 4) is 5.88 Å². The Bertz CT molecular complexity index is 342. The standard InChI is InChI=1S/C9H12ClN3O2/c10-7-5-11-9(13-8(7)14)12-6-1-3-15-4-2-6/h5-6H,1-4H2,(H2,11,12,13,14). The van der Waals surface area contributed by atoms with Crippen molar-refractivity contribution < 1.29 is 9.84 Å². The van der Waals surface area contributed by atoms with Gasteiger partial charge in [-0.25, -0.2) is 4.98 Å². The summed E-state index contributed by atoms with van der Waals surface area (Å²) in [6.07, 6.45) is 3.23. The fourth-order valence-corrected chi connectivity index (χ4v) is 1.54. The molecule has 0 radical (unpaired) electrons. The monoisotopic (exact) mass is 229 g/mol. The highest BCUT2D eigenvalue weighted by Gasteiger charge is 2.14. The largest absolute Gasteiger partial charge is 0.492 e. The van der Waals surface area contributed by atoms with Crippen molar-refractivity contribution in [2.75, 3.05) is 18.5 Å². The van der Waals surface area contributed by atoms with Crippen LogP contribution >= 0.6 is 11.6 Å². The summed E-state index contributed by atoms with van der Waals surface area (Å²) in [7, 11) is 0. The van der Waals surface area contributed by atoms with Gasteiger partial charge in [0.25, 0.3) is 0 Å². The van der Waals surface area contributed by atoms with E-state index in [4.69, 9.17) is 16.3 Å². The number of nitrogens with zero attached hydrogens (tertiary/aromatic N) is 2. The molecule has 2 rings (SSSR count). The average molecular weight is 230 g/mol. The summed E-state index contributed by atoms with van der Waals surface area (Å²) in [5, 5.41) is 12.6. The van der Waals surface area contributed by atoms with Gasteiger partial charge in [-0.05, 0) is 12.8 Å². The molecule has 1 aromatic rings. The molecular formula is C9H12ClN3O2. The average Bonchev–Trinajstić information content (AvgIpc) is 2.25. The molecule has 1 aromatic heterocycles. The lowest BCUT2D eigenvalue weighted by atomic mass is 10.1. The van der Waals surface area contributed by atoms with E-state index in [1.54, 1.807) is 0 Å². The first kappa shape index (κ1) is 10.4. The van der Waals surface area contributed by atoms with Gasteiger partial charge in [-0.3, -0.25) is 0 Å². The number of aromatic nitrogens is 2. The Hall–Kier alpha value is -1.07. The van der Waals surface area contributed by atoms with Crippen LogP contribution in [0.3, 0.4) is 0 Å². The topological polar surface area (TPSA) is 67.3 Å². The molecule has 0 aromatic carbocycles. The molecule has 2 heterocycles. The van der Waals surface area contributed by atoms with Crippen LogP contribution in [0.25, 0.3) is 0 Å². The Morgan fingerprint density at radius 3 is 2.87 bits per heavy atom. The van der Waals surface area contributed by atoms with Gasteiger partial charge in [-0.2, -0.15) is 4.98 Å². The fourth-order valence-electron chi connectivity index (χ4n) is 1.45. The number of hydrogen-bond acceptors (Lipinski definition) is 5. The highest BCUT2D eigenvalue weighted by molar-refractivity contribution is 6.31. The van der Waals surface area contributed by atoms with Crippen LogP contribution in [0.1, 0.15) is 12.8 Å². The van der Waals surface area contributed by atoms with Gasteiger partial charge in [0.1, 0.15) is 5.02 Å². The predicted octanol–water partition coefficient (Wildman–Crippen LogP) is 1.43. The Balaban J connectivity index is 2.00. The highest BCUT2D eigenvalue weighted by Crippen LogP contribution is 2.20. The molecule has 6 heteroatoms. The van der Waals surface area contributed by atoms with Crippen LogP contribution in [0, 0.1) is 0 Å². The molecule has 1 aliphatic rings. The number of ether oxygens (including phenoxy) is 1. The van der Waals surface area contributed by atoms with Crippen LogP contribution in [-0.2, 0) is 4.74 Å². The van der Waals surface area contributed by atoms with Gasteiger partial charge >= 0.3 is 0 Å². The Morgan fingerprint density at radius 1 is 1.47 bits per heavy atom. The van der Waals surface area contributed by atoms with Gasteiger partial charge < -0.3 is 15.2 Å². The van der Waals surface area contributed by atoms with E-state index in [1.807, 2.05) is 0 Å². The van der Waals surface area contributed by atoms with E-state index in [-0.39, 0.29) is 10.9 Å². The summed E-state index contributed by atoms with van der Waals surface area (Å²) in [5.41, 5.74) is 0. The third-order valence-electron chi connectivity index (χ3n) is 2.28. The maximum atomic E-state index is 9.28. The maximum absolute atomic E-state index is 9.28. The van der Waals surface area contributed by atoms with E-state index < -0.39 is 0 Å². The van der Waals surface area contributed by atoms with Crippen molar-refractivity contribution in [1.82, 2.24) is 9.97 Å². The molecule has 0 unspecified atom stereocenters. The number of hydrogen-bond donors (Lipinski definition) is 2. The number of halogens is 1. The van der Waals surface area contributed by atoms with Crippen LogP contribution in [0.5, 0.6) is 5.88 Å². The fraction of sp³-hybridized carbons (Fsp3) is 0.556. The molecule has 2 N–H and O–H groups in total. The summed E-state index contributed by atoms with van der Waals surface area (Å²) in [5.74, 6) is 0.213. The first-order valence-corrected chi connectivity index (χ1v) is 5.19. The van der Waals surface area contributed by atoms with Crippen molar-refractivity contribution in [3.63, 3.8) is 0 Å². The van der Waals surface area contributed by atoms with Crippen LogP contribution in [0.4, 0.5) is 5.95 Å². The molecule has 0 amide bonds. The molecule has 1 saturated heterocycles. The van der Waals surface area contributed by atoms with Gasteiger partial charge in [-0.1, -0.05) is 11.6 Å². The van der Waals surface area contributed by atoms with Gasteiger partial charge in [0.2, 0.25) is 11.8 Å². The van der Waals surface area contributed by atoms with E-state index >= 15 is 0 Å². The molecule has 0 atom stereocenters. The summed E-state index contributed by atoms with van der Waals surface area (Å²) >= 11 is 5.60. The number of rotatable bonds is 2. The van der Waals surface area contributed by atoms with Crippen molar-refractivity contribution >= 4 is 17.5 Å². The number of nitrogens with one attached hydrogen (secondary N) is 1. The molecule has 15 heavy (non-hydrogen) atoms. The second-order valence-electron chi connectivity index (χ2n) is 3.40. The SMILES string of the molecule is Oc1nc(NC2CCOCC2)ncc1Cl. The maximum Gasteiger partial charge on any atom is 0.235 e. The summed E-state index contributed by atoms with van der Waals surface area (Å²) in [6.45, 7) is 1.49. The molecule has 5 nitrogen and oxygen atoms in total. The molecule has 82 valence electrons. The van der Waals surface area contributed by atoms with E-state index in [2.05, 4.69) is 15.3 Å². The minimum Gasteiger partial charge on any atom is -0.492 e. The van der Waals surface area contributed by atoms with Crippen LogP contribution in [0.2, 0.25) is 5.02 Å². The van der Waals surface area contributed by atoms with E-state index in [0.29, 0.717) is 12.0 Å². The lowest BCUT2D eigenvalue weighted by Gasteiger charge is -2.22. The molecule has 0 saturated carbocycles. The third-order valence-corrected chi connectivity index (χ3v) is 2.55. The second kappa shape index (κ2) is 4.63. The molecule has 0 bridgehead atoms. The summed E-state index contributed by atoms with van der Waals surface area (Å²) in [6, 6.07) is 0.305. The quantitative estimate of drug-likeness (QED) is 0.803. The van der Waals surface area contributed by atoms with Gasteiger partial charge in [0.15, 0.2) is 0 Å². The second-order valence-corrected chi connectivity index (χ2v) is 3.80. The lowest BCUT2D eigenvalue weighted by molar-refractivity contribution is 0.0903. The summed E-state index contributed by atoms with van der Waals surface area (Å²) in [4.78, 5) is 7.81. The van der Waals surface area contributed by atoms with Gasteiger partial charge in [0.05, 0.1) is 6.20 Å². The highest BCUT2D eigenvalue weighted by atomic mass is 35.5. The van der Waals surface area contributed by atoms with E-state index in [9.17, 15) is 5.11 Å². The first-order valence-electron chi connectivity index (χ1n) is 4.81. The number of aromatic hydroxyl groups is 1. The van der Waals surface area contributed by atoms with Crippen molar-refractivity contribution in [3.05, 3.63) is 11.2 Å². The Morgan fingerprint density at radius 2 is 2.20 bits per heavy atom. The molecule has 1 aliphatic heterocycles. The van der Waals surface area contributed by atoms with Crippen LogP contribution in [-0.4, -0.2) is 34.3 Å². The third kappa shape index (κ3) is 2.70. The molecule has 1 fully saturated rings.